The number of carbonyl (C=O) groups is 2. The average molecular weight is 1130 g/mol. The monoisotopic (exact) mass is 1130 g/mol. The van der Waals surface area contributed by atoms with Gasteiger partial charge in [0.05, 0.1) is 25.4 Å². The van der Waals surface area contributed by atoms with Gasteiger partial charge in [0.2, 0.25) is 5.91 Å². The Balaban J connectivity index is 2.54. The van der Waals surface area contributed by atoms with Gasteiger partial charge < -0.3 is 45.1 Å². The number of carbonyl (C=O) groups excluding carboxylic acids is 2. The highest BCUT2D eigenvalue weighted by molar-refractivity contribution is 5.81. The Labute approximate surface area is 491 Å². The number of aliphatic hydroxyl groups is 5. The molecule has 1 saturated heterocycles. The lowest BCUT2D eigenvalue weighted by atomic mass is 9.99. The third-order valence-electron chi connectivity index (χ3n) is 16.0. The summed E-state index contributed by atoms with van der Waals surface area (Å²) in [4.78, 5) is 26.5. The van der Waals surface area contributed by atoms with E-state index in [2.05, 4.69) is 50.4 Å². The van der Waals surface area contributed by atoms with Crippen molar-refractivity contribution in [3.8, 4) is 0 Å². The van der Waals surface area contributed by atoms with Crippen LogP contribution in [0.25, 0.3) is 0 Å². The smallest absolute Gasteiger partial charge is 0.306 e. The molecule has 0 saturated carbocycles. The second-order valence-electron chi connectivity index (χ2n) is 23.6. The Morgan fingerprint density at radius 1 is 0.487 bits per heavy atom. The molecule has 0 radical (unpaired) electrons. The maximum Gasteiger partial charge on any atom is 0.306 e. The highest BCUT2D eigenvalue weighted by atomic mass is 16.7. The van der Waals surface area contributed by atoms with Crippen LogP contribution >= 0.6 is 0 Å². The summed E-state index contributed by atoms with van der Waals surface area (Å²) in [5.41, 5.74) is 0. The van der Waals surface area contributed by atoms with Gasteiger partial charge in [0, 0.05) is 12.8 Å². The second-order valence-corrected chi connectivity index (χ2v) is 23.6. The summed E-state index contributed by atoms with van der Waals surface area (Å²) >= 11 is 0. The van der Waals surface area contributed by atoms with E-state index in [9.17, 15) is 35.1 Å². The third-order valence-corrected chi connectivity index (χ3v) is 16.0. The molecule has 1 heterocycles. The van der Waals surface area contributed by atoms with Gasteiger partial charge in [0.25, 0.3) is 0 Å². The summed E-state index contributed by atoms with van der Waals surface area (Å²) in [5.74, 6) is -1.26. The summed E-state index contributed by atoms with van der Waals surface area (Å²) in [5, 5.41) is 56.9. The number of unbranched alkanes of at least 4 members (excludes halogenated alkanes) is 39. The molecule has 1 aliphatic heterocycles. The first-order chi connectivity index (χ1) is 39.2. The van der Waals surface area contributed by atoms with E-state index in [1.165, 1.54) is 225 Å². The van der Waals surface area contributed by atoms with E-state index in [0.717, 1.165) is 44.9 Å². The molecule has 1 amide bonds. The fraction of sp³-hybridized carbons (Fsp3) is 0.855. The standard InChI is InChI=1S/C69H127NO10/c1-4-7-10-13-16-19-22-25-26-27-28-29-30-31-32-33-34-35-36-37-38-39-42-45-48-51-54-57-64(74)80-67-66(76)65(75)63(58-71)79-69(67)78-59-60(61(72)55-52-49-46-43-40-23-20-17-14-11-8-5-2)70-68(77)62(73)56-53-50-47-44-41-24-21-18-15-12-9-6-3/h25-26,41,44,50,52-53,55,60-63,65-67,69,71-73,75-76H,4-24,27-40,42-43,45-49,51,54,56-59H2,1-3H3,(H,70,77)/b26-25+,44-41-,53-50+,55-52+. The Morgan fingerprint density at radius 2 is 0.863 bits per heavy atom. The lowest BCUT2D eigenvalue weighted by molar-refractivity contribution is -0.305. The molecular weight excluding hydrogens is 1000 g/mol. The van der Waals surface area contributed by atoms with Gasteiger partial charge in [-0.3, -0.25) is 9.59 Å². The predicted octanol–water partition coefficient (Wildman–Crippen LogP) is 16.8. The van der Waals surface area contributed by atoms with Crippen LogP contribution in [-0.2, 0) is 23.8 Å². The molecule has 11 nitrogen and oxygen atoms in total. The van der Waals surface area contributed by atoms with Crippen molar-refractivity contribution in [2.75, 3.05) is 13.2 Å². The zero-order chi connectivity index (χ0) is 58.2. The first-order valence-electron chi connectivity index (χ1n) is 33.9. The quantitative estimate of drug-likeness (QED) is 0.0195. The number of hydrogen-bond acceptors (Lipinski definition) is 10. The minimum atomic E-state index is -1.62. The van der Waals surface area contributed by atoms with E-state index < -0.39 is 67.4 Å². The van der Waals surface area contributed by atoms with Crippen molar-refractivity contribution in [3.63, 3.8) is 0 Å². The molecule has 1 fully saturated rings. The normalized spacial score (nSPS) is 19.0. The largest absolute Gasteiger partial charge is 0.454 e. The van der Waals surface area contributed by atoms with Crippen molar-refractivity contribution in [1.82, 2.24) is 5.32 Å². The molecule has 11 heteroatoms. The van der Waals surface area contributed by atoms with Crippen LogP contribution in [0, 0.1) is 0 Å². The molecule has 0 aromatic carbocycles. The van der Waals surface area contributed by atoms with Crippen molar-refractivity contribution in [1.29, 1.82) is 0 Å². The number of esters is 1. The number of hydrogen-bond donors (Lipinski definition) is 6. The minimum Gasteiger partial charge on any atom is -0.454 e. The van der Waals surface area contributed by atoms with Crippen molar-refractivity contribution in [3.05, 3.63) is 48.6 Å². The first-order valence-corrected chi connectivity index (χ1v) is 33.9. The maximum absolute atomic E-state index is 13.4. The van der Waals surface area contributed by atoms with E-state index in [1.54, 1.807) is 12.2 Å². The van der Waals surface area contributed by atoms with Gasteiger partial charge in [-0.25, -0.2) is 0 Å². The third kappa shape index (κ3) is 44.2. The van der Waals surface area contributed by atoms with E-state index >= 15 is 0 Å². The predicted molar refractivity (Wildman–Crippen MR) is 334 cm³/mol. The second kappa shape index (κ2) is 57.1. The number of allylic oxidation sites excluding steroid dienone is 6. The molecule has 6 N–H and O–H groups in total. The average Bonchev–Trinajstić information content (AvgIpc) is 3.46. The summed E-state index contributed by atoms with van der Waals surface area (Å²) in [6, 6.07) is -1.05. The molecule has 468 valence electrons. The molecule has 0 bridgehead atoms. The van der Waals surface area contributed by atoms with Crippen LogP contribution in [0.3, 0.4) is 0 Å². The van der Waals surface area contributed by atoms with Crippen LogP contribution in [0.5, 0.6) is 0 Å². The Bertz CT molecular complexity index is 1490. The Kier molecular flexibility index (Phi) is 54.0. The van der Waals surface area contributed by atoms with Crippen LogP contribution in [0.4, 0.5) is 0 Å². The van der Waals surface area contributed by atoms with Crippen LogP contribution in [-0.4, -0.2) is 99.6 Å². The lowest BCUT2D eigenvalue weighted by Crippen LogP contribution is -2.61. The molecule has 1 aliphatic rings. The number of ether oxygens (including phenoxy) is 3. The van der Waals surface area contributed by atoms with Crippen molar-refractivity contribution < 1.29 is 49.3 Å². The van der Waals surface area contributed by atoms with Crippen LogP contribution in [0.2, 0.25) is 0 Å². The number of aliphatic hydroxyl groups excluding tert-OH is 5. The molecule has 1 rings (SSSR count). The minimum absolute atomic E-state index is 0.0834. The molecular formula is C69H127NO10. The molecule has 8 unspecified atom stereocenters. The fourth-order valence-corrected chi connectivity index (χ4v) is 10.6. The topological polar surface area (TPSA) is 175 Å². The summed E-state index contributed by atoms with van der Waals surface area (Å²) in [6.45, 7) is 5.76. The van der Waals surface area contributed by atoms with Gasteiger partial charge in [-0.05, 0) is 64.2 Å². The van der Waals surface area contributed by atoms with Crippen molar-refractivity contribution >= 4 is 11.9 Å². The fourth-order valence-electron chi connectivity index (χ4n) is 10.6. The van der Waals surface area contributed by atoms with Gasteiger partial charge in [0.15, 0.2) is 12.4 Å². The molecule has 0 aromatic heterocycles. The Hall–Kier alpha value is -2.38. The SMILES string of the molecule is CCCCCCCC/C=C\C/C=C/CC(O)C(=O)NC(COC1OC(CO)C(O)C(O)C1OC(=O)CCCCCCCCCCCCCCCCCCC/C=C/CCCCCCCC)C(O)/C=C/CCCCCCCCCCCC. The molecule has 0 aliphatic carbocycles. The summed E-state index contributed by atoms with van der Waals surface area (Å²) < 4.78 is 17.6. The van der Waals surface area contributed by atoms with Gasteiger partial charge in [-0.2, -0.15) is 0 Å². The molecule has 0 spiro atoms. The summed E-state index contributed by atoms with van der Waals surface area (Å²) in [7, 11) is 0. The van der Waals surface area contributed by atoms with E-state index in [-0.39, 0.29) is 19.4 Å². The van der Waals surface area contributed by atoms with E-state index in [4.69, 9.17) is 14.2 Å². The lowest BCUT2D eigenvalue weighted by Gasteiger charge is -2.41. The molecule has 8 atom stereocenters. The first kappa shape index (κ1) is 75.6. The maximum atomic E-state index is 13.4. The Morgan fingerprint density at radius 3 is 1.29 bits per heavy atom. The van der Waals surface area contributed by atoms with Gasteiger partial charge in [0.1, 0.15) is 24.4 Å². The highest BCUT2D eigenvalue weighted by Gasteiger charge is 2.47. The van der Waals surface area contributed by atoms with E-state index in [1.807, 2.05) is 12.2 Å². The van der Waals surface area contributed by atoms with Crippen molar-refractivity contribution in [2.24, 2.45) is 0 Å². The number of nitrogens with one attached hydrogen (secondary N) is 1. The zero-order valence-electron chi connectivity index (χ0n) is 52.0. The van der Waals surface area contributed by atoms with Crippen LogP contribution in [0.15, 0.2) is 48.6 Å². The van der Waals surface area contributed by atoms with Gasteiger partial charge in [-0.15, -0.1) is 0 Å². The van der Waals surface area contributed by atoms with Crippen LogP contribution < -0.4 is 5.32 Å². The highest BCUT2D eigenvalue weighted by Crippen LogP contribution is 2.26. The van der Waals surface area contributed by atoms with Gasteiger partial charge >= 0.3 is 5.97 Å². The summed E-state index contributed by atoms with van der Waals surface area (Å²) in [6.07, 6.45) is 60.5. The molecule has 0 aromatic rings. The van der Waals surface area contributed by atoms with Crippen LogP contribution in [0.1, 0.15) is 316 Å². The number of rotatable bonds is 58. The van der Waals surface area contributed by atoms with E-state index in [0.29, 0.717) is 12.8 Å². The van der Waals surface area contributed by atoms with Gasteiger partial charge in [-0.1, -0.05) is 288 Å². The zero-order valence-corrected chi connectivity index (χ0v) is 52.0. The number of amides is 1. The molecule has 80 heavy (non-hydrogen) atoms. The van der Waals surface area contributed by atoms with Crippen molar-refractivity contribution in [2.45, 2.75) is 365 Å².